The van der Waals surface area contributed by atoms with Gasteiger partial charge in [0.25, 0.3) is 0 Å². The molecule has 2 aromatic rings. The summed E-state index contributed by atoms with van der Waals surface area (Å²) in [4.78, 5) is 24.3. The van der Waals surface area contributed by atoms with E-state index in [0.29, 0.717) is 40.8 Å². The number of rotatable bonds is 5. The van der Waals surface area contributed by atoms with Crippen molar-refractivity contribution in [3.8, 4) is 6.07 Å². The fraction of sp³-hybridized carbons (Fsp3) is 0.333. The molecular weight excluding hydrogens is 471 g/mol. The van der Waals surface area contributed by atoms with Crippen molar-refractivity contribution in [1.82, 2.24) is 9.88 Å². The van der Waals surface area contributed by atoms with Crippen molar-refractivity contribution in [3.63, 3.8) is 0 Å². The first-order valence-corrected chi connectivity index (χ1v) is 11.2. The van der Waals surface area contributed by atoms with Crippen LogP contribution in [0.25, 0.3) is 0 Å². The number of benzene rings is 1. The number of halogens is 2. The molecule has 0 spiro atoms. The highest BCUT2D eigenvalue weighted by atomic mass is 79.9. The molecule has 1 aromatic heterocycles. The van der Waals surface area contributed by atoms with Crippen LogP contribution in [0.1, 0.15) is 36.4 Å². The van der Waals surface area contributed by atoms with E-state index in [2.05, 4.69) is 27.0 Å². The molecule has 1 saturated heterocycles. The van der Waals surface area contributed by atoms with Gasteiger partial charge in [-0.15, -0.1) is 11.3 Å². The van der Waals surface area contributed by atoms with Crippen molar-refractivity contribution in [2.24, 2.45) is 10.9 Å². The van der Waals surface area contributed by atoms with Gasteiger partial charge in [-0.2, -0.15) is 5.26 Å². The van der Waals surface area contributed by atoms with Crippen LogP contribution in [-0.2, 0) is 9.53 Å². The number of thiazole rings is 1. The van der Waals surface area contributed by atoms with Gasteiger partial charge in [0.2, 0.25) is 0 Å². The van der Waals surface area contributed by atoms with E-state index in [9.17, 15) is 14.4 Å². The van der Waals surface area contributed by atoms with Crippen LogP contribution in [0.5, 0.6) is 0 Å². The average molecular weight is 489 g/mol. The van der Waals surface area contributed by atoms with Crippen LogP contribution in [-0.4, -0.2) is 34.8 Å². The number of carbonyl (C=O) groups is 1. The smallest absolute Gasteiger partial charge is 0.338 e. The standard InChI is InChI=1S/C21H18BrFN4O2S/c1-2-29-21(28)17-16-9-12(5-6-24)11-27(16)19(20-25-7-8-30-20)26-18(17)14-4-3-13(23)10-15(14)22/h3-4,7-8,10,12,18H,2,5,9,11H2,1H3/t12-,18?/m1/s1. The Balaban J connectivity index is 1.90. The fourth-order valence-electron chi connectivity index (χ4n) is 3.86. The zero-order valence-electron chi connectivity index (χ0n) is 16.1. The first-order chi connectivity index (χ1) is 14.5. The van der Waals surface area contributed by atoms with Crippen molar-refractivity contribution >= 4 is 39.1 Å². The molecule has 0 radical (unpaired) electrons. The summed E-state index contributed by atoms with van der Waals surface area (Å²) in [6.45, 7) is 2.57. The van der Waals surface area contributed by atoms with Gasteiger partial charge in [-0.3, -0.25) is 4.99 Å². The number of aromatic nitrogens is 1. The highest BCUT2D eigenvalue weighted by molar-refractivity contribution is 9.10. The van der Waals surface area contributed by atoms with Gasteiger partial charge in [0, 0.05) is 34.7 Å². The van der Waals surface area contributed by atoms with Crippen LogP contribution >= 0.6 is 27.3 Å². The van der Waals surface area contributed by atoms with Crippen molar-refractivity contribution in [2.75, 3.05) is 13.2 Å². The third kappa shape index (κ3) is 3.77. The summed E-state index contributed by atoms with van der Waals surface area (Å²) < 4.78 is 19.6. The molecule has 2 atom stereocenters. The Hall–Kier alpha value is -2.57. The van der Waals surface area contributed by atoms with E-state index < -0.39 is 12.0 Å². The second kappa shape index (κ2) is 8.66. The lowest BCUT2D eigenvalue weighted by Gasteiger charge is -2.32. The number of nitrogens with zero attached hydrogens (tertiary/aromatic N) is 4. The maximum absolute atomic E-state index is 13.7. The average Bonchev–Trinajstić information content (AvgIpc) is 3.37. The summed E-state index contributed by atoms with van der Waals surface area (Å²) >= 11 is 4.88. The number of hydrogen-bond acceptors (Lipinski definition) is 7. The molecule has 6 nitrogen and oxygen atoms in total. The number of carbonyl (C=O) groups excluding carboxylic acids is 1. The van der Waals surface area contributed by atoms with Crippen LogP contribution < -0.4 is 0 Å². The van der Waals surface area contributed by atoms with Gasteiger partial charge < -0.3 is 9.64 Å². The highest BCUT2D eigenvalue weighted by Crippen LogP contribution is 2.44. The van der Waals surface area contributed by atoms with Crippen LogP contribution in [0.2, 0.25) is 0 Å². The van der Waals surface area contributed by atoms with Crippen LogP contribution in [0.4, 0.5) is 4.39 Å². The quantitative estimate of drug-likeness (QED) is 0.574. The minimum absolute atomic E-state index is 0.0787. The third-order valence-electron chi connectivity index (χ3n) is 5.10. The molecule has 9 heteroatoms. The molecule has 0 N–H and O–H groups in total. The van der Waals surface area contributed by atoms with Crippen LogP contribution in [0.3, 0.4) is 0 Å². The van der Waals surface area contributed by atoms with Crippen molar-refractivity contribution in [1.29, 1.82) is 5.26 Å². The van der Waals surface area contributed by atoms with Gasteiger partial charge in [-0.25, -0.2) is 14.2 Å². The number of esters is 1. The zero-order chi connectivity index (χ0) is 21.3. The van der Waals surface area contributed by atoms with Crippen molar-refractivity contribution < 1.29 is 13.9 Å². The summed E-state index contributed by atoms with van der Waals surface area (Å²) in [7, 11) is 0. The number of fused-ring (bicyclic) bond motifs is 1. The SMILES string of the molecule is CCOC(=O)C1=C2C[C@@H](CC#N)CN2C(c2nccs2)=NC1c1ccc(F)cc1Br. The highest BCUT2D eigenvalue weighted by Gasteiger charge is 2.42. The van der Waals surface area contributed by atoms with Gasteiger partial charge in [0.05, 0.1) is 18.2 Å². The van der Waals surface area contributed by atoms with Gasteiger partial charge in [0.15, 0.2) is 10.8 Å². The molecule has 2 aliphatic heterocycles. The van der Waals surface area contributed by atoms with E-state index in [0.717, 1.165) is 10.7 Å². The van der Waals surface area contributed by atoms with E-state index in [4.69, 9.17) is 9.73 Å². The Bertz CT molecular complexity index is 1080. The number of allylic oxidation sites excluding steroid dienone is 1. The Morgan fingerprint density at radius 1 is 1.50 bits per heavy atom. The molecule has 1 fully saturated rings. The van der Waals surface area contributed by atoms with E-state index in [-0.39, 0.29) is 18.3 Å². The first kappa shape index (κ1) is 20.7. The van der Waals surface area contributed by atoms with E-state index in [1.165, 1.54) is 23.5 Å². The molecule has 2 aliphatic rings. The fourth-order valence-corrected chi connectivity index (χ4v) is 5.07. The molecule has 0 amide bonds. The molecule has 4 rings (SSSR count). The monoisotopic (exact) mass is 488 g/mol. The summed E-state index contributed by atoms with van der Waals surface area (Å²) in [6, 6.07) is 5.91. The Labute approximate surface area is 185 Å². The molecule has 154 valence electrons. The largest absolute Gasteiger partial charge is 0.463 e. The Kier molecular flexibility index (Phi) is 5.97. The van der Waals surface area contributed by atoms with Gasteiger partial charge in [-0.05, 0) is 37.0 Å². The Morgan fingerprint density at radius 3 is 3.00 bits per heavy atom. The van der Waals surface area contributed by atoms with Crippen molar-refractivity contribution in [3.05, 3.63) is 61.9 Å². The Morgan fingerprint density at radius 2 is 2.33 bits per heavy atom. The van der Waals surface area contributed by atoms with Crippen molar-refractivity contribution in [2.45, 2.75) is 25.8 Å². The summed E-state index contributed by atoms with van der Waals surface area (Å²) in [6.07, 6.45) is 2.66. The molecule has 0 bridgehead atoms. The van der Waals surface area contributed by atoms with E-state index in [1.54, 1.807) is 19.2 Å². The topological polar surface area (TPSA) is 78.6 Å². The van der Waals surface area contributed by atoms with E-state index in [1.807, 2.05) is 10.3 Å². The lowest BCUT2D eigenvalue weighted by atomic mass is 9.93. The normalized spacial score (nSPS) is 20.6. The minimum Gasteiger partial charge on any atom is -0.463 e. The third-order valence-corrected chi connectivity index (χ3v) is 6.55. The van der Waals surface area contributed by atoms with Crippen LogP contribution in [0.15, 0.2) is 50.5 Å². The zero-order valence-corrected chi connectivity index (χ0v) is 18.5. The maximum atomic E-state index is 13.7. The lowest BCUT2D eigenvalue weighted by Crippen LogP contribution is -2.35. The molecule has 1 unspecified atom stereocenters. The first-order valence-electron chi connectivity index (χ1n) is 9.50. The second-order valence-corrected chi connectivity index (χ2v) is 8.73. The number of aliphatic imine (C=N–C) groups is 1. The van der Waals surface area contributed by atoms with Gasteiger partial charge in [-0.1, -0.05) is 22.0 Å². The predicted octanol–water partition coefficient (Wildman–Crippen LogP) is 4.60. The molecule has 1 aromatic carbocycles. The number of ether oxygens (including phenoxy) is 1. The minimum atomic E-state index is -0.662. The summed E-state index contributed by atoms with van der Waals surface area (Å²) in [5.41, 5.74) is 1.91. The molecule has 0 saturated carbocycles. The maximum Gasteiger partial charge on any atom is 0.338 e. The number of amidine groups is 1. The summed E-state index contributed by atoms with van der Waals surface area (Å²) in [5, 5.41) is 11.8. The molecule has 3 heterocycles. The summed E-state index contributed by atoms with van der Waals surface area (Å²) in [5.74, 6) is -0.0875. The van der Waals surface area contributed by atoms with E-state index >= 15 is 0 Å². The van der Waals surface area contributed by atoms with Gasteiger partial charge >= 0.3 is 5.97 Å². The lowest BCUT2D eigenvalue weighted by molar-refractivity contribution is -0.139. The van der Waals surface area contributed by atoms with Gasteiger partial charge in [0.1, 0.15) is 11.9 Å². The number of nitriles is 1. The molecular formula is C21H18BrFN4O2S. The second-order valence-electron chi connectivity index (χ2n) is 6.98. The molecule has 0 aliphatic carbocycles. The molecule has 30 heavy (non-hydrogen) atoms. The number of hydrogen-bond donors (Lipinski definition) is 0. The van der Waals surface area contributed by atoms with Crippen LogP contribution in [0, 0.1) is 23.1 Å². The predicted molar refractivity (Wildman–Crippen MR) is 114 cm³/mol.